The van der Waals surface area contributed by atoms with Crippen molar-refractivity contribution in [3.8, 4) is 0 Å². The molecule has 0 spiro atoms. The molecule has 1 fully saturated rings. The van der Waals surface area contributed by atoms with Gasteiger partial charge in [0.1, 0.15) is 4.90 Å². The van der Waals surface area contributed by atoms with Gasteiger partial charge in [0.15, 0.2) is 17.5 Å². The molecule has 1 aliphatic heterocycles. The molecule has 12 heteroatoms. The first kappa shape index (κ1) is 22.3. The lowest BCUT2D eigenvalue weighted by Gasteiger charge is -2.26. The van der Waals surface area contributed by atoms with Crippen LogP contribution in [0.4, 0.5) is 24.5 Å². The molecule has 3 rings (SSSR count). The molecular formula is C18H17ClF3N3O4S. The van der Waals surface area contributed by atoms with Gasteiger partial charge in [-0.15, -0.1) is 0 Å². The van der Waals surface area contributed by atoms with E-state index in [0.29, 0.717) is 0 Å². The van der Waals surface area contributed by atoms with E-state index >= 15 is 0 Å². The lowest BCUT2D eigenvalue weighted by Crippen LogP contribution is -2.40. The lowest BCUT2D eigenvalue weighted by atomic mass is 10.2. The molecule has 30 heavy (non-hydrogen) atoms. The number of carbonyl (C=O) groups excluding carboxylic acids is 1. The summed E-state index contributed by atoms with van der Waals surface area (Å²) in [6.45, 7) is 0.410. The largest absolute Gasteiger partial charge is 0.379 e. The normalized spacial score (nSPS) is 15.1. The minimum absolute atomic E-state index is 0.0125. The SMILES string of the molecule is O=C(CNc1ccc(F)c(F)c1F)Nc1ccc(Cl)c(S(=O)(=O)N2CCOCC2)c1. The zero-order valence-corrected chi connectivity index (χ0v) is 17.0. The third kappa shape index (κ3) is 4.86. The Bertz CT molecular complexity index is 1060. The summed E-state index contributed by atoms with van der Waals surface area (Å²) < 4.78 is 71.8. The molecular weight excluding hydrogens is 447 g/mol. The Hall–Kier alpha value is -2.34. The van der Waals surface area contributed by atoms with Crippen molar-refractivity contribution in [2.24, 2.45) is 0 Å². The van der Waals surface area contributed by atoms with Crippen molar-refractivity contribution >= 4 is 38.9 Å². The quantitative estimate of drug-likeness (QED) is 0.643. The number of ether oxygens (including phenoxy) is 1. The maximum absolute atomic E-state index is 13.6. The predicted molar refractivity (Wildman–Crippen MR) is 104 cm³/mol. The first-order valence-corrected chi connectivity index (χ1v) is 10.6. The third-order valence-corrected chi connectivity index (χ3v) is 6.66. The Morgan fingerprint density at radius 3 is 2.50 bits per heavy atom. The second-order valence-electron chi connectivity index (χ2n) is 6.29. The Morgan fingerprint density at radius 2 is 1.80 bits per heavy atom. The highest BCUT2D eigenvalue weighted by atomic mass is 35.5. The van der Waals surface area contributed by atoms with Crippen molar-refractivity contribution in [2.45, 2.75) is 4.90 Å². The summed E-state index contributed by atoms with van der Waals surface area (Å²) in [4.78, 5) is 11.9. The molecule has 7 nitrogen and oxygen atoms in total. The van der Waals surface area contributed by atoms with E-state index in [1.54, 1.807) is 0 Å². The number of amides is 1. The minimum atomic E-state index is -3.89. The summed E-state index contributed by atoms with van der Waals surface area (Å²) >= 11 is 6.05. The second-order valence-corrected chi connectivity index (χ2v) is 8.60. The third-order valence-electron chi connectivity index (χ3n) is 4.28. The van der Waals surface area contributed by atoms with Crippen LogP contribution < -0.4 is 10.6 Å². The summed E-state index contributed by atoms with van der Waals surface area (Å²) in [6, 6.07) is 5.61. The van der Waals surface area contributed by atoms with Crippen molar-refractivity contribution in [1.82, 2.24) is 4.31 Å². The van der Waals surface area contributed by atoms with Crippen LogP contribution in [0, 0.1) is 17.5 Å². The zero-order chi connectivity index (χ0) is 21.9. The average molecular weight is 464 g/mol. The van der Waals surface area contributed by atoms with Crippen LogP contribution in [-0.2, 0) is 19.6 Å². The maximum atomic E-state index is 13.6. The Morgan fingerprint density at radius 1 is 1.10 bits per heavy atom. The fourth-order valence-electron chi connectivity index (χ4n) is 2.75. The molecule has 0 atom stereocenters. The number of morpholine rings is 1. The number of nitrogens with zero attached hydrogens (tertiary/aromatic N) is 1. The molecule has 0 unspecified atom stereocenters. The Kier molecular flexibility index (Phi) is 6.86. The van der Waals surface area contributed by atoms with E-state index in [-0.39, 0.29) is 41.9 Å². The van der Waals surface area contributed by atoms with Crippen molar-refractivity contribution < 1.29 is 31.1 Å². The van der Waals surface area contributed by atoms with Gasteiger partial charge in [-0.05, 0) is 30.3 Å². The molecule has 1 aliphatic rings. The number of anilines is 2. The van der Waals surface area contributed by atoms with Gasteiger partial charge in [-0.2, -0.15) is 4.31 Å². The van der Waals surface area contributed by atoms with Crippen LogP contribution in [0.15, 0.2) is 35.2 Å². The van der Waals surface area contributed by atoms with Crippen LogP contribution in [0.3, 0.4) is 0 Å². The van der Waals surface area contributed by atoms with Crippen LogP contribution in [-0.4, -0.2) is 51.5 Å². The van der Waals surface area contributed by atoms with Gasteiger partial charge in [0, 0.05) is 18.8 Å². The van der Waals surface area contributed by atoms with Crippen LogP contribution in [0.5, 0.6) is 0 Å². The molecule has 0 saturated carbocycles. The van der Waals surface area contributed by atoms with Crippen LogP contribution in [0.1, 0.15) is 0 Å². The van der Waals surface area contributed by atoms with Gasteiger partial charge in [0.2, 0.25) is 15.9 Å². The standard InChI is InChI=1S/C18H17ClF3N3O4S/c19-12-2-1-11(9-15(12)30(27,28)25-5-7-29-8-6-25)24-16(26)10-23-14-4-3-13(20)17(21)18(14)22/h1-4,9,23H,5-8,10H2,(H,24,26). The van der Waals surface area contributed by atoms with Crippen molar-refractivity contribution in [2.75, 3.05) is 43.5 Å². The Balaban J connectivity index is 1.70. The number of halogens is 4. The zero-order valence-electron chi connectivity index (χ0n) is 15.4. The van der Waals surface area contributed by atoms with Gasteiger partial charge in [-0.25, -0.2) is 21.6 Å². The van der Waals surface area contributed by atoms with E-state index in [0.717, 1.165) is 12.1 Å². The van der Waals surface area contributed by atoms with E-state index in [1.807, 2.05) is 0 Å². The Labute approximate surface area is 175 Å². The number of nitrogens with one attached hydrogen (secondary N) is 2. The lowest BCUT2D eigenvalue weighted by molar-refractivity contribution is -0.114. The predicted octanol–water partition coefficient (Wildman–Crippen LogP) is 2.83. The van der Waals surface area contributed by atoms with Crippen molar-refractivity contribution in [3.05, 3.63) is 52.8 Å². The molecule has 0 aliphatic carbocycles. The molecule has 162 valence electrons. The molecule has 2 aromatic carbocycles. The number of sulfonamides is 1. The fourth-order valence-corrected chi connectivity index (χ4v) is 4.66. The number of hydrogen-bond donors (Lipinski definition) is 2. The number of carbonyl (C=O) groups is 1. The van der Waals surface area contributed by atoms with Crippen molar-refractivity contribution in [1.29, 1.82) is 0 Å². The fraction of sp³-hybridized carbons (Fsp3) is 0.278. The first-order valence-electron chi connectivity index (χ1n) is 8.75. The van der Waals surface area contributed by atoms with Crippen LogP contribution >= 0.6 is 11.6 Å². The van der Waals surface area contributed by atoms with Crippen molar-refractivity contribution in [3.63, 3.8) is 0 Å². The molecule has 0 aromatic heterocycles. The molecule has 0 bridgehead atoms. The summed E-state index contributed by atoms with van der Waals surface area (Å²) in [7, 11) is -3.89. The summed E-state index contributed by atoms with van der Waals surface area (Å²) in [5.41, 5.74) is -0.250. The van der Waals surface area contributed by atoms with E-state index < -0.39 is 45.6 Å². The molecule has 2 N–H and O–H groups in total. The topological polar surface area (TPSA) is 87.7 Å². The molecule has 0 radical (unpaired) electrons. The van der Waals surface area contributed by atoms with Gasteiger partial charge in [0.05, 0.1) is 30.5 Å². The van der Waals surface area contributed by atoms with Gasteiger partial charge in [-0.1, -0.05) is 11.6 Å². The number of hydrogen-bond acceptors (Lipinski definition) is 5. The first-order chi connectivity index (χ1) is 14.2. The number of rotatable bonds is 6. The van der Waals surface area contributed by atoms with E-state index in [2.05, 4.69) is 10.6 Å². The average Bonchev–Trinajstić information content (AvgIpc) is 2.73. The summed E-state index contributed by atoms with van der Waals surface area (Å²) in [5, 5.41) is 4.78. The second kappa shape index (κ2) is 9.21. The van der Waals surface area contributed by atoms with Crippen LogP contribution in [0.25, 0.3) is 0 Å². The monoisotopic (exact) mass is 463 g/mol. The highest BCUT2D eigenvalue weighted by Gasteiger charge is 2.28. The van der Waals surface area contributed by atoms with Gasteiger partial charge in [0.25, 0.3) is 0 Å². The molecule has 1 saturated heterocycles. The highest BCUT2D eigenvalue weighted by Crippen LogP contribution is 2.28. The van der Waals surface area contributed by atoms with Crippen LogP contribution in [0.2, 0.25) is 5.02 Å². The molecule has 1 heterocycles. The number of benzene rings is 2. The summed E-state index contributed by atoms with van der Waals surface area (Å²) in [5.74, 6) is -5.13. The molecule has 1 amide bonds. The minimum Gasteiger partial charge on any atom is -0.379 e. The van der Waals surface area contributed by atoms with E-state index in [9.17, 15) is 26.4 Å². The van der Waals surface area contributed by atoms with E-state index in [4.69, 9.17) is 16.3 Å². The van der Waals surface area contributed by atoms with Gasteiger partial charge in [-0.3, -0.25) is 4.79 Å². The van der Waals surface area contributed by atoms with Gasteiger partial charge >= 0.3 is 0 Å². The maximum Gasteiger partial charge on any atom is 0.244 e. The highest BCUT2D eigenvalue weighted by molar-refractivity contribution is 7.89. The van der Waals surface area contributed by atoms with Gasteiger partial charge < -0.3 is 15.4 Å². The molecule has 2 aromatic rings. The smallest absolute Gasteiger partial charge is 0.244 e. The van der Waals surface area contributed by atoms with E-state index in [1.165, 1.54) is 22.5 Å². The summed E-state index contributed by atoms with van der Waals surface area (Å²) in [6.07, 6.45) is 0.